The summed E-state index contributed by atoms with van der Waals surface area (Å²) in [6, 6.07) is 7.04. The highest BCUT2D eigenvalue weighted by atomic mass is 32.1. The number of hydrogen-bond donors (Lipinski definition) is 3. The molecule has 1 aliphatic rings. The number of carbonyl (C=O) groups is 2. The molecule has 1 fully saturated rings. The van der Waals surface area contributed by atoms with Gasteiger partial charge in [0.2, 0.25) is 5.91 Å². The minimum atomic E-state index is -0.441. The third kappa shape index (κ3) is 4.71. The lowest BCUT2D eigenvalue weighted by Crippen LogP contribution is -2.42. The van der Waals surface area contributed by atoms with Crippen LogP contribution in [0, 0.1) is 11.7 Å². The highest BCUT2D eigenvalue weighted by Gasteiger charge is 2.20. The fourth-order valence-corrected chi connectivity index (χ4v) is 4.64. The standard InChI is InChI=1S/C20H22N6O4S2/c1-12-16(32-20(21-12)25-8-10-30-11-9-25)17(28)24-23-15(27)6-7-26-18(29)13-4-2-3-5-14(13)22-19(26)31/h2-5H,6-11H2,1H3,(H,22,31)(H,23,27)(H,24,28). The molecule has 0 unspecified atom stereocenters. The second-order valence-electron chi connectivity index (χ2n) is 7.20. The summed E-state index contributed by atoms with van der Waals surface area (Å²) in [7, 11) is 0. The Balaban J connectivity index is 1.35. The van der Waals surface area contributed by atoms with Gasteiger partial charge in [-0.05, 0) is 31.3 Å². The predicted octanol–water partition coefficient (Wildman–Crippen LogP) is 1.51. The van der Waals surface area contributed by atoms with E-state index in [1.54, 1.807) is 25.1 Å². The Morgan fingerprint density at radius 2 is 2.00 bits per heavy atom. The van der Waals surface area contributed by atoms with Crippen molar-refractivity contribution in [3.05, 3.63) is 50.0 Å². The number of nitrogens with one attached hydrogen (secondary N) is 3. The summed E-state index contributed by atoms with van der Waals surface area (Å²) >= 11 is 6.52. The van der Waals surface area contributed by atoms with Crippen molar-refractivity contribution in [1.29, 1.82) is 0 Å². The first kappa shape index (κ1) is 22.1. The maximum atomic E-state index is 12.6. The van der Waals surface area contributed by atoms with Crippen LogP contribution in [0.1, 0.15) is 21.8 Å². The quantitative estimate of drug-likeness (QED) is 0.379. The van der Waals surface area contributed by atoms with Crippen LogP contribution in [0.4, 0.5) is 5.13 Å². The highest BCUT2D eigenvalue weighted by molar-refractivity contribution is 7.71. The Bertz CT molecular complexity index is 1280. The Morgan fingerprint density at radius 1 is 1.25 bits per heavy atom. The average molecular weight is 475 g/mol. The second kappa shape index (κ2) is 9.59. The van der Waals surface area contributed by atoms with E-state index in [2.05, 4.69) is 25.7 Å². The normalized spacial score (nSPS) is 13.8. The highest BCUT2D eigenvalue weighted by Crippen LogP contribution is 2.26. The monoisotopic (exact) mass is 474 g/mol. The molecule has 0 atom stereocenters. The first-order valence-electron chi connectivity index (χ1n) is 10.0. The number of thiazole rings is 1. The number of carbonyl (C=O) groups excluding carboxylic acids is 2. The van der Waals surface area contributed by atoms with E-state index in [0.717, 1.165) is 18.2 Å². The van der Waals surface area contributed by atoms with E-state index in [-0.39, 0.29) is 23.3 Å². The smallest absolute Gasteiger partial charge is 0.281 e. The number of H-pyrrole nitrogens is 1. The molecule has 2 aromatic heterocycles. The van der Waals surface area contributed by atoms with Gasteiger partial charge in [0.05, 0.1) is 29.8 Å². The fraction of sp³-hybridized carbons (Fsp3) is 0.350. The van der Waals surface area contributed by atoms with Gasteiger partial charge in [0.1, 0.15) is 4.88 Å². The van der Waals surface area contributed by atoms with Gasteiger partial charge >= 0.3 is 0 Å². The van der Waals surface area contributed by atoms with Gasteiger partial charge in [0.15, 0.2) is 9.90 Å². The molecule has 0 aliphatic carbocycles. The number of aromatic nitrogens is 3. The number of para-hydroxylation sites is 1. The predicted molar refractivity (Wildman–Crippen MR) is 124 cm³/mol. The summed E-state index contributed by atoms with van der Waals surface area (Å²) in [5.41, 5.74) is 5.78. The molecule has 1 aliphatic heterocycles. The summed E-state index contributed by atoms with van der Waals surface area (Å²) in [4.78, 5) is 47.4. The Labute approximate surface area is 192 Å². The largest absolute Gasteiger partial charge is 0.378 e. The van der Waals surface area contributed by atoms with Crippen LogP contribution >= 0.6 is 23.6 Å². The first-order chi connectivity index (χ1) is 15.4. The second-order valence-corrected chi connectivity index (χ2v) is 8.56. The molecule has 4 rings (SSSR count). The van der Waals surface area contributed by atoms with E-state index >= 15 is 0 Å². The number of fused-ring (bicyclic) bond motifs is 1. The summed E-state index contributed by atoms with van der Waals surface area (Å²) in [6.45, 7) is 4.54. The summed E-state index contributed by atoms with van der Waals surface area (Å²) in [6.07, 6.45) is -0.0310. The Morgan fingerprint density at radius 3 is 2.78 bits per heavy atom. The summed E-state index contributed by atoms with van der Waals surface area (Å²) < 4.78 is 6.91. The van der Waals surface area contributed by atoms with E-state index < -0.39 is 11.8 Å². The minimum absolute atomic E-state index is 0.0310. The lowest BCUT2D eigenvalue weighted by molar-refractivity contribution is -0.122. The molecule has 0 saturated carbocycles. The lowest BCUT2D eigenvalue weighted by Gasteiger charge is -2.25. The SMILES string of the molecule is Cc1nc(N2CCOCC2)sc1C(=O)NNC(=O)CCn1c(=S)[nH]c2ccccc2c1=O. The Kier molecular flexibility index (Phi) is 6.63. The van der Waals surface area contributed by atoms with E-state index in [0.29, 0.717) is 34.7 Å². The van der Waals surface area contributed by atoms with E-state index in [9.17, 15) is 14.4 Å². The van der Waals surface area contributed by atoms with Crippen LogP contribution < -0.4 is 21.3 Å². The molecule has 32 heavy (non-hydrogen) atoms. The molecule has 0 bridgehead atoms. The minimum Gasteiger partial charge on any atom is -0.378 e. The van der Waals surface area contributed by atoms with Gasteiger partial charge in [0, 0.05) is 26.1 Å². The molecule has 0 radical (unpaired) electrons. The van der Waals surface area contributed by atoms with E-state index in [1.165, 1.54) is 15.9 Å². The van der Waals surface area contributed by atoms with Crippen LogP contribution in [-0.4, -0.2) is 52.7 Å². The molecule has 3 aromatic rings. The van der Waals surface area contributed by atoms with Gasteiger partial charge in [-0.1, -0.05) is 23.5 Å². The number of morpholine rings is 1. The van der Waals surface area contributed by atoms with Crippen molar-refractivity contribution in [2.24, 2.45) is 0 Å². The van der Waals surface area contributed by atoms with Crippen LogP contribution in [0.2, 0.25) is 0 Å². The van der Waals surface area contributed by atoms with Crippen LogP contribution in [0.15, 0.2) is 29.1 Å². The van der Waals surface area contributed by atoms with Crippen molar-refractivity contribution in [3.8, 4) is 0 Å². The molecular formula is C20H22N6O4S2. The molecule has 3 N–H and O–H groups in total. The van der Waals surface area contributed by atoms with Crippen molar-refractivity contribution in [1.82, 2.24) is 25.4 Å². The number of hydrazine groups is 1. The molecular weight excluding hydrogens is 452 g/mol. The number of aromatic amines is 1. The van der Waals surface area contributed by atoms with Gasteiger partial charge in [-0.2, -0.15) is 0 Å². The number of amides is 2. The third-order valence-electron chi connectivity index (χ3n) is 5.04. The van der Waals surface area contributed by atoms with Crippen molar-refractivity contribution in [2.75, 3.05) is 31.2 Å². The molecule has 0 spiro atoms. The van der Waals surface area contributed by atoms with Gasteiger partial charge in [-0.15, -0.1) is 0 Å². The maximum absolute atomic E-state index is 12.6. The zero-order chi connectivity index (χ0) is 22.7. The summed E-state index contributed by atoms with van der Waals surface area (Å²) in [5.74, 6) is -0.878. The number of hydrogen-bond acceptors (Lipinski definition) is 8. The summed E-state index contributed by atoms with van der Waals surface area (Å²) in [5, 5.41) is 1.25. The molecule has 10 nitrogen and oxygen atoms in total. The van der Waals surface area contributed by atoms with E-state index in [1.807, 2.05) is 6.07 Å². The van der Waals surface area contributed by atoms with Gasteiger partial charge in [-0.3, -0.25) is 29.8 Å². The number of aryl methyl sites for hydroxylation is 1. The zero-order valence-corrected chi connectivity index (χ0v) is 19.0. The topological polar surface area (TPSA) is 121 Å². The Hall–Kier alpha value is -3.09. The van der Waals surface area contributed by atoms with Crippen LogP contribution in [0.5, 0.6) is 0 Å². The number of benzene rings is 1. The van der Waals surface area contributed by atoms with Crippen LogP contribution in [0.25, 0.3) is 10.9 Å². The van der Waals surface area contributed by atoms with E-state index in [4.69, 9.17) is 17.0 Å². The molecule has 3 heterocycles. The third-order valence-corrected chi connectivity index (χ3v) is 6.58. The van der Waals surface area contributed by atoms with Gasteiger partial charge in [0.25, 0.3) is 11.5 Å². The average Bonchev–Trinajstić information content (AvgIpc) is 3.19. The van der Waals surface area contributed by atoms with Gasteiger partial charge in [-0.25, -0.2) is 4.98 Å². The fourth-order valence-electron chi connectivity index (χ4n) is 3.34. The molecule has 168 valence electrons. The zero-order valence-electron chi connectivity index (χ0n) is 17.3. The molecule has 2 amide bonds. The number of nitrogens with zero attached hydrogens (tertiary/aromatic N) is 3. The van der Waals surface area contributed by atoms with Crippen molar-refractivity contribution in [3.63, 3.8) is 0 Å². The number of anilines is 1. The molecule has 1 saturated heterocycles. The van der Waals surface area contributed by atoms with Crippen molar-refractivity contribution in [2.45, 2.75) is 19.9 Å². The van der Waals surface area contributed by atoms with Gasteiger partial charge < -0.3 is 14.6 Å². The van der Waals surface area contributed by atoms with Crippen LogP contribution in [0.3, 0.4) is 0 Å². The number of rotatable bonds is 5. The first-order valence-corrected chi connectivity index (χ1v) is 11.3. The maximum Gasteiger partial charge on any atom is 0.281 e. The lowest BCUT2D eigenvalue weighted by atomic mass is 10.2. The molecule has 1 aromatic carbocycles. The van der Waals surface area contributed by atoms with Crippen LogP contribution in [-0.2, 0) is 16.1 Å². The molecule has 12 heteroatoms. The van der Waals surface area contributed by atoms with Crippen molar-refractivity contribution >= 4 is 51.4 Å². The van der Waals surface area contributed by atoms with Crippen molar-refractivity contribution < 1.29 is 14.3 Å². The number of ether oxygens (including phenoxy) is 1.